The summed E-state index contributed by atoms with van der Waals surface area (Å²) in [6.07, 6.45) is 0.646. The van der Waals surface area contributed by atoms with Gasteiger partial charge in [-0.05, 0) is 44.2 Å². The Hall–Kier alpha value is -2.89. The summed E-state index contributed by atoms with van der Waals surface area (Å²) in [4.78, 5) is 31.6. The van der Waals surface area contributed by atoms with Gasteiger partial charge in [-0.25, -0.2) is 4.79 Å². The molecule has 2 heterocycles. The number of nitrogens with one attached hydrogen (secondary N) is 1. The Morgan fingerprint density at radius 3 is 2.58 bits per heavy atom. The number of benzene rings is 1. The SMILES string of the molecule is CCC(C)C(C(=O)Nc1sc2c(c1C#N)CCN(OC(=O)OC(C)(C)C)C2)c1ccccc1. The summed E-state index contributed by atoms with van der Waals surface area (Å²) < 4.78 is 5.22. The summed E-state index contributed by atoms with van der Waals surface area (Å²) in [6.45, 7) is 10.3. The lowest BCUT2D eigenvalue weighted by Crippen LogP contribution is -2.35. The molecule has 0 fully saturated rings. The number of hydroxylamine groups is 2. The molecule has 2 atom stereocenters. The molecule has 2 unspecified atom stereocenters. The number of nitriles is 1. The Balaban J connectivity index is 1.78. The van der Waals surface area contributed by atoms with Crippen LogP contribution >= 0.6 is 11.3 Å². The van der Waals surface area contributed by atoms with Gasteiger partial charge in [-0.1, -0.05) is 50.6 Å². The fraction of sp³-hybridized carbons (Fsp3) is 0.480. The van der Waals surface area contributed by atoms with Crippen LogP contribution in [0.15, 0.2) is 30.3 Å². The van der Waals surface area contributed by atoms with Gasteiger partial charge in [0.05, 0.1) is 18.0 Å². The van der Waals surface area contributed by atoms with Gasteiger partial charge in [0, 0.05) is 11.4 Å². The number of thiophene rings is 1. The normalized spacial score (nSPS) is 15.6. The van der Waals surface area contributed by atoms with Crippen molar-refractivity contribution in [3.63, 3.8) is 0 Å². The molecule has 0 aliphatic carbocycles. The van der Waals surface area contributed by atoms with Crippen LogP contribution in [-0.4, -0.2) is 29.3 Å². The lowest BCUT2D eigenvalue weighted by Gasteiger charge is -2.26. The highest BCUT2D eigenvalue weighted by Gasteiger charge is 2.31. The van der Waals surface area contributed by atoms with Crippen molar-refractivity contribution in [2.45, 2.75) is 65.5 Å². The summed E-state index contributed by atoms with van der Waals surface area (Å²) in [5.74, 6) is -0.286. The molecule has 1 aromatic carbocycles. The Morgan fingerprint density at radius 2 is 1.97 bits per heavy atom. The van der Waals surface area contributed by atoms with Crippen molar-refractivity contribution in [2.75, 3.05) is 11.9 Å². The molecule has 0 saturated heterocycles. The molecule has 1 aliphatic rings. The van der Waals surface area contributed by atoms with Crippen LogP contribution in [0.25, 0.3) is 0 Å². The molecule has 0 spiro atoms. The second-order valence-electron chi connectivity index (χ2n) is 9.25. The molecule has 176 valence electrons. The van der Waals surface area contributed by atoms with E-state index in [-0.39, 0.29) is 17.7 Å². The second kappa shape index (κ2) is 10.4. The number of rotatable bonds is 6. The van der Waals surface area contributed by atoms with Crippen molar-refractivity contribution in [1.82, 2.24) is 5.06 Å². The van der Waals surface area contributed by atoms with Crippen molar-refractivity contribution in [3.8, 4) is 6.07 Å². The molecule has 0 saturated carbocycles. The van der Waals surface area contributed by atoms with Crippen molar-refractivity contribution in [1.29, 1.82) is 5.26 Å². The van der Waals surface area contributed by atoms with E-state index in [1.165, 1.54) is 16.4 Å². The summed E-state index contributed by atoms with van der Waals surface area (Å²) in [5.41, 5.74) is 1.72. The largest absolute Gasteiger partial charge is 0.528 e. The van der Waals surface area contributed by atoms with E-state index in [1.54, 1.807) is 20.8 Å². The average molecular weight is 470 g/mol. The highest BCUT2D eigenvalue weighted by atomic mass is 32.1. The molecule has 1 aliphatic heterocycles. The third-order valence-corrected chi connectivity index (χ3v) is 6.75. The molecule has 1 aromatic heterocycles. The predicted octanol–water partition coefficient (Wildman–Crippen LogP) is 5.61. The van der Waals surface area contributed by atoms with Crippen LogP contribution in [0.3, 0.4) is 0 Å². The fourth-order valence-corrected chi connectivity index (χ4v) is 5.07. The third kappa shape index (κ3) is 6.12. The van der Waals surface area contributed by atoms with Crippen molar-refractivity contribution >= 4 is 28.4 Å². The maximum absolute atomic E-state index is 13.3. The van der Waals surface area contributed by atoms with E-state index in [1.807, 2.05) is 30.3 Å². The minimum absolute atomic E-state index is 0.118. The monoisotopic (exact) mass is 469 g/mol. The van der Waals surface area contributed by atoms with Crippen LogP contribution in [0.5, 0.6) is 0 Å². The number of amides is 1. The number of ether oxygens (including phenoxy) is 1. The van der Waals surface area contributed by atoms with Gasteiger partial charge in [0.1, 0.15) is 16.7 Å². The van der Waals surface area contributed by atoms with Crippen molar-refractivity contribution < 1.29 is 19.2 Å². The van der Waals surface area contributed by atoms with Gasteiger partial charge in [0.2, 0.25) is 5.91 Å². The summed E-state index contributed by atoms with van der Waals surface area (Å²) >= 11 is 1.36. The topological polar surface area (TPSA) is 91.7 Å². The maximum Gasteiger partial charge on any atom is 0.528 e. The zero-order chi connectivity index (χ0) is 24.2. The van der Waals surface area contributed by atoms with Crippen LogP contribution < -0.4 is 5.32 Å². The molecule has 2 aromatic rings. The van der Waals surface area contributed by atoms with Crippen molar-refractivity contribution in [2.24, 2.45) is 5.92 Å². The van der Waals surface area contributed by atoms with Gasteiger partial charge in [-0.2, -0.15) is 5.26 Å². The number of nitrogens with zero attached hydrogens (tertiary/aromatic N) is 2. The van der Waals surface area contributed by atoms with Crippen molar-refractivity contribution in [3.05, 3.63) is 51.9 Å². The maximum atomic E-state index is 13.3. The van der Waals surface area contributed by atoms with Crippen LogP contribution in [0.1, 0.15) is 68.5 Å². The first kappa shape index (κ1) is 24.7. The predicted molar refractivity (Wildman–Crippen MR) is 128 cm³/mol. The minimum atomic E-state index is -0.754. The molecular weight excluding hydrogens is 438 g/mol. The van der Waals surface area contributed by atoms with Gasteiger partial charge in [0.15, 0.2) is 0 Å². The Morgan fingerprint density at radius 1 is 1.27 bits per heavy atom. The molecular formula is C25H31N3O4S. The van der Waals surface area contributed by atoms with Gasteiger partial charge < -0.3 is 14.9 Å². The molecule has 7 nitrogen and oxygen atoms in total. The summed E-state index contributed by atoms with van der Waals surface area (Å²) in [6, 6.07) is 12.0. The standard InChI is InChI=1S/C25H31N3O4S/c1-6-16(2)21(17-10-8-7-9-11-17)22(29)27-23-19(14-26)18-12-13-28(15-20(18)33-23)32-24(30)31-25(3,4)5/h7-11,16,21H,6,12-13,15H2,1-5H3,(H,27,29). The number of hydrogen-bond acceptors (Lipinski definition) is 7. The van der Waals surface area contributed by atoms with E-state index < -0.39 is 11.8 Å². The smallest absolute Gasteiger partial charge is 0.427 e. The average Bonchev–Trinajstić information content (AvgIpc) is 3.09. The second-order valence-corrected chi connectivity index (χ2v) is 10.4. The van der Waals surface area contributed by atoms with E-state index >= 15 is 0 Å². The first-order chi connectivity index (χ1) is 15.6. The first-order valence-electron chi connectivity index (χ1n) is 11.2. The number of hydrogen-bond donors (Lipinski definition) is 1. The van der Waals surface area contributed by atoms with Crippen LogP contribution in [0.4, 0.5) is 9.80 Å². The van der Waals surface area contributed by atoms with Gasteiger partial charge in [-0.15, -0.1) is 16.4 Å². The Labute approximate surface area is 199 Å². The molecule has 33 heavy (non-hydrogen) atoms. The van der Waals surface area contributed by atoms with E-state index in [2.05, 4.69) is 25.2 Å². The highest BCUT2D eigenvalue weighted by Crippen LogP contribution is 2.38. The quantitative estimate of drug-likeness (QED) is 0.553. The van der Waals surface area contributed by atoms with Crippen LogP contribution in [0, 0.1) is 17.2 Å². The van der Waals surface area contributed by atoms with E-state index in [9.17, 15) is 14.9 Å². The zero-order valence-electron chi connectivity index (χ0n) is 19.8. The van der Waals surface area contributed by atoms with Crippen LogP contribution in [0.2, 0.25) is 0 Å². The molecule has 8 heteroatoms. The minimum Gasteiger partial charge on any atom is -0.427 e. The highest BCUT2D eigenvalue weighted by molar-refractivity contribution is 7.16. The molecule has 0 radical (unpaired) electrons. The Kier molecular flexibility index (Phi) is 7.77. The number of anilines is 1. The molecule has 1 amide bonds. The fourth-order valence-electron chi connectivity index (χ4n) is 3.86. The summed E-state index contributed by atoms with van der Waals surface area (Å²) in [5, 5.41) is 14.9. The lowest BCUT2D eigenvalue weighted by molar-refractivity contribution is -0.150. The number of fused-ring (bicyclic) bond motifs is 1. The third-order valence-electron chi connectivity index (χ3n) is 5.62. The van der Waals surface area contributed by atoms with Gasteiger partial charge in [-0.3, -0.25) is 4.79 Å². The Bertz CT molecular complexity index is 1040. The number of carbonyl (C=O) groups excluding carboxylic acids is 2. The molecule has 1 N–H and O–H groups in total. The van der Waals surface area contributed by atoms with E-state index in [4.69, 9.17) is 9.57 Å². The zero-order valence-corrected chi connectivity index (χ0v) is 20.6. The number of carbonyl (C=O) groups is 2. The first-order valence-corrected chi connectivity index (χ1v) is 12.0. The van der Waals surface area contributed by atoms with Gasteiger partial charge in [0.25, 0.3) is 0 Å². The molecule has 3 rings (SSSR count). The van der Waals surface area contributed by atoms with Gasteiger partial charge >= 0.3 is 6.16 Å². The summed E-state index contributed by atoms with van der Waals surface area (Å²) in [7, 11) is 0. The van der Waals surface area contributed by atoms with E-state index in [0.29, 0.717) is 30.1 Å². The van der Waals surface area contributed by atoms with E-state index in [0.717, 1.165) is 22.4 Å². The lowest BCUT2D eigenvalue weighted by atomic mass is 9.85. The molecule has 0 bridgehead atoms. The van der Waals surface area contributed by atoms with Crippen LogP contribution in [-0.2, 0) is 27.3 Å².